The highest BCUT2D eigenvalue weighted by atomic mass is 35.5. The molecule has 16 heavy (non-hydrogen) atoms. The van der Waals surface area contributed by atoms with Gasteiger partial charge >= 0.3 is 0 Å². The van der Waals surface area contributed by atoms with Gasteiger partial charge < -0.3 is 5.73 Å². The highest BCUT2D eigenvalue weighted by molar-refractivity contribution is 6.31. The average Bonchev–Trinajstić information content (AvgIpc) is 2.56. The van der Waals surface area contributed by atoms with Crippen molar-refractivity contribution in [3.05, 3.63) is 40.7 Å². The Morgan fingerprint density at radius 2 is 2.06 bits per heavy atom. The second kappa shape index (κ2) is 4.53. The minimum Gasteiger partial charge on any atom is -0.366 e. The third-order valence-electron chi connectivity index (χ3n) is 2.45. The summed E-state index contributed by atoms with van der Waals surface area (Å²) in [6.45, 7) is 0. The smallest absolute Gasteiger partial charge is 0.239 e. The first kappa shape index (κ1) is 11.0. The second-order valence-corrected chi connectivity index (χ2v) is 4.01. The van der Waals surface area contributed by atoms with E-state index in [1.807, 2.05) is 31.3 Å². The number of halogens is 1. The summed E-state index contributed by atoms with van der Waals surface area (Å²) >= 11 is 6.07. The zero-order valence-corrected chi connectivity index (χ0v) is 9.78. The fraction of sp³-hybridized carbons (Fsp3) is 0.273. The Balaban J connectivity index is 2.08. The van der Waals surface area contributed by atoms with Crippen molar-refractivity contribution in [1.82, 2.24) is 14.8 Å². The number of anilines is 1. The number of nitrogens with two attached hydrogens (primary N) is 1. The SMILES string of the molecule is Cn1nc(N)nc1CCc1ccccc1Cl. The van der Waals surface area contributed by atoms with Crippen LogP contribution in [-0.2, 0) is 19.9 Å². The average molecular weight is 237 g/mol. The molecule has 0 aliphatic rings. The monoisotopic (exact) mass is 236 g/mol. The molecule has 2 rings (SSSR count). The van der Waals surface area contributed by atoms with E-state index < -0.39 is 0 Å². The van der Waals surface area contributed by atoms with Crippen LogP contribution < -0.4 is 5.73 Å². The van der Waals surface area contributed by atoms with E-state index in [4.69, 9.17) is 17.3 Å². The molecular weight excluding hydrogens is 224 g/mol. The molecule has 0 amide bonds. The maximum Gasteiger partial charge on any atom is 0.239 e. The van der Waals surface area contributed by atoms with E-state index in [-0.39, 0.29) is 0 Å². The van der Waals surface area contributed by atoms with Gasteiger partial charge in [0.1, 0.15) is 5.82 Å². The number of benzene rings is 1. The van der Waals surface area contributed by atoms with Crippen LogP contribution in [0.5, 0.6) is 0 Å². The number of nitrogens with zero attached hydrogens (tertiary/aromatic N) is 3. The molecule has 0 aliphatic heterocycles. The minimum absolute atomic E-state index is 0.316. The van der Waals surface area contributed by atoms with Crippen LogP contribution in [0.2, 0.25) is 5.02 Å². The molecule has 84 valence electrons. The summed E-state index contributed by atoms with van der Waals surface area (Å²) in [6.07, 6.45) is 1.62. The van der Waals surface area contributed by atoms with Crippen LogP contribution in [0.15, 0.2) is 24.3 Å². The van der Waals surface area contributed by atoms with Crippen molar-refractivity contribution in [2.75, 3.05) is 5.73 Å². The number of hydrogen-bond acceptors (Lipinski definition) is 3. The fourth-order valence-corrected chi connectivity index (χ4v) is 1.83. The first-order valence-electron chi connectivity index (χ1n) is 5.05. The van der Waals surface area contributed by atoms with E-state index in [9.17, 15) is 0 Å². The molecule has 5 heteroatoms. The third-order valence-corrected chi connectivity index (χ3v) is 2.81. The van der Waals surface area contributed by atoms with Gasteiger partial charge in [0.15, 0.2) is 0 Å². The quantitative estimate of drug-likeness (QED) is 0.885. The topological polar surface area (TPSA) is 56.7 Å². The first-order valence-corrected chi connectivity index (χ1v) is 5.43. The van der Waals surface area contributed by atoms with Crippen molar-refractivity contribution in [2.45, 2.75) is 12.8 Å². The van der Waals surface area contributed by atoms with Crippen molar-refractivity contribution >= 4 is 17.5 Å². The summed E-state index contributed by atoms with van der Waals surface area (Å²) in [7, 11) is 1.84. The van der Waals surface area contributed by atoms with Gasteiger partial charge in [0.25, 0.3) is 0 Å². The van der Waals surface area contributed by atoms with Crippen LogP contribution in [-0.4, -0.2) is 14.8 Å². The number of hydrogen-bond donors (Lipinski definition) is 1. The Labute approximate surface area is 99.1 Å². The van der Waals surface area contributed by atoms with Gasteiger partial charge in [-0.25, -0.2) is 0 Å². The molecule has 0 aliphatic carbocycles. The first-order chi connectivity index (χ1) is 7.66. The molecule has 0 saturated carbocycles. The largest absolute Gasteiger partial charge is 0.366 e. The van der Waals surface area contributed by atoms with Crippen molar-refractivity contribution in [3.8, 4) is 0 Å². The van der Waals surface area contributed by atoms with Crippen LogP contribution >= 0.6 is 11.6 Å². The Kier molecular flexibility index (Phi) is 3.10. The molecule has 1 aromatic carbocycles. The van der Waals surface area contributed by atoms with Crippen molar-refractivity contribution in [2.24, 2.45) is 7.05 Å². The van der Waals surface area contributed by atoms with E-state index in [0.717, 1.165) is 29.3 Å². The lowest BCUT2D eigenvalue weighted by Gasteiger charge is -2.03. The molecule has 1 aromatic heterocycles. The van der Waals surface area contributed by atoms with Gasteiger partial charge in [0, 0.05) is 18.5 Å². The maximum atomic E-state index is 6.07. The molecular formula is C11H13ClN4. The summed E-state index contributed by atoms with van der Waals surface area (Å²) in [5, 5.41) is 4.79. The third kappa shape index (κ3) is 2.33. The van der Waals surface area contributed by atoms with Gasteiger partial charge in [0.05, 0.1) is 0 Å². The van der Waals surface area contributed by atoms with Crippen molar-refractivity contribution in [3.63, 3.8) is 0 Å². The molecule has 0 saturated heterocycles. The predicted octanol–water partition coefficient (Wildman–Crippen LogP) is 1.84. The molecule has 1 heterocycles. The van der Waals surface area contributed by atoms with Gasteiger partial charge in [-0.3, -0.25) is 4.68 Å². The number of rotatable bonds is 3. The molecule has 0 radical (unpaired) electrons. The number of nitrogen functional groups attached to an aromatic ring is 1. The van der Waals surface area contributed by atoms with Crippen LogP contribution in [0.25, 0.3) is 0 Å². The van der Waals surface area contributed by atoms with E-state index >= 15 is 0 Å². The summed E-state index contributed by atoms with van der Waals surface area (Å²) in [5.74, 6) is 1.19. The van der Waals surface area contributed by atoms with Crippen LogP contribution in [0.1, 0.15) is 11.4 Å². The van der Waals surface area contributed by atoms with Gasteiger partial charge in [-0.1, -0.05) is 29.8 Å². The van der Waals surface area contributed by atoms with Crippen LogP contribution in [0, 0.1) is 0 Å². The van der Waals surface area contributed by atoms with Crippen molar-refractivity contribution < 1.29 is 0 Å². The minimum atomic E-state index is 0.316. The molecule has 2 N–H and O–H groups in total. The molecule has 0 atom stereocenters. The van der Waals surface area contributed by atoms with Gasteiger partial charge in [0.2, 0.25) is 5.95 Å². The van der Waals surface area contributed by atoms with Gasteiger partial charge in [-0.15, -0.1) is 5.10 Å². The normalized spacial score (nSPS) is 10.6. The van der Waals surface area contributed by atoms with E-state index in [0.29, 0.717) is 5.95 Å². The zero-order valence-electron chi connectivity index (χ0n) is 9.02. The summed E-state index contributed by atoms with van der Waals surface area (Å²) in [6, 6.07) is 7.81. The Morgan fingerprint density at radius 1 is 1.31 bits per heavy atom. The van der Waals surface area contributed by atoms with Gasteiger partial charge in [-0.05, 0) is 18.1 Å². The fourth-order valence-electron chi connectivity index (χ4n) is 1.60. The Bertz CT molecular complexity index is 492. The van der Waals surface area contributed by atoms with Crippen LogP contribution in [0.4, 0.5) is 5.95 Å². The van der Waals surface area contributed by atoms with Gasteiger partial charge in [-0.2, -0.15) is 4.98 Å². The molecule has 2 aromatic rings. The van der Waals surface area contributed by atoms with Crippen LogP contribution in [0.3, 0.4) is 0 Å². The predicted molar refractivity (Wildman–Crippen MR) is 64.3 cm³/mol. The summed E-state index contributed by atoms with van der Waals surface area (Å²) in [5.41, 5.74) is 6.63. The molecule has 0 bridgehead atoms. The Morgan fingerprint density at radius 3 is 2.69 bits per heavy atom. The van der Waals surface area contributed by atoms with E-state index in [2.05, 4.69) is 10.1 Å². The summed E-state index contributed by atoms with van der Waals surface area (Å²) in [4.78, 5) is 4.14. The highest BCUT2D eigenvalue weighted by Crippen LogP contribution is 2.16. The lowest BCUT2D eigenvalue weighted by Crippen LogP contribution is -2.01. The number of aromatic nitrogens is 3. The standard InChI is InChI=1S/C11H13ClN4/c1-16-10(14-11(13)15-16)7-6-8-4-2-3-5-9(8)12/h2-5H,6-7H2,1H3,(H2,13,15). The molecule has 4 nitrogen and oxygen atoms in total. The number of aryl methyl sites for hydroxylation is 3. The Hall–Kier alpha value is -1.55. The lowest BCUT2D eigenvalue weighted by molar-refractivity contribution is 0.694. The molecule has 0 fully saturated rings. The lowest BCUT2D eigenvalue weighted by atomic mass is 10.1. The van der Waals surface area contributed by atoms with Crippen molar-refractivity contribution in [1.29, 1.82) is 0 Å². The highest BCUT2D eigenvalue weighted by Gasteiger charge is 2.06. The second-order valence-electron chi connectivity index (χ2n) is 3.60. The van der Waals surface area contributed by atoms with E-state index in [1.165, 1.54) is 0 Å². The maximum absolute atomic E-state index is 6.07. The summed E-state index contributed by atoms with van der Waals surface area (Å²) < 4.78 is 1.70. The van der Waals surface area contributed by atoms with E-state index in [1.54, 1.807) is 4.68 Å². The molecule has 0 unspecified atom stereocenters. The molecule has 0 spiro atoms. The zero-order chi connectivity index (χ0) is 11.5.